The second-order valence-corrected chi connectivity index (χ2v) is 6.64. The highest BCUT2D eigenvalue weighted by Gasteiger charge is 2.26. The molecule has 0 saturated heterocycles. The van der Waals surface area contributed by atoms with Crippen LogP contribution in [0.2, 0.25) is 0 Å². The predicted molar refractivity (Wildman–Crippen MR) is 79.4 cm³/mol. The van der Waals surface area contributed by atoms with Gasteiger partial charge in [0, 0.05) is 6.04 Å². The van der Waals surface area contributed by atoms with Crippen molar-refractivity contribution >= 4 is 0 Å². The van der Waals surface area contributed by atoms with Gasteiger partial charge in [-0.1, -0.05) is 61.3 Å². The quantitative estimate of drug-likeness (QED) is 0.639. The Morgan fingerprint density at radius 3 is 1.88 bits per heavy atom. The summed E-state index contributed by atoms with van der Waals surface area (Å²) in [6.45, 7) is 17.6. The normalized spacial score (nSPS) is 16.2. The van der Waals surface area contributed by atoms with Crippen LogP contribution in [0.3, 0.4) is 0 Å². The minimum absolute atomic E-state index is 0.429. The topological polar surface area (TPSA) is 12.0 Å². The van der Waals surface area contributed by atoms with Crippen LogP contribution < -0.4 is 5.32 Å². The third kappa shape index (κ3) is 6.45. The van der Waals surface area contributed by atoms with E-state index in [9.17, 15) is 0 Å². The van der Waals surface area contributed by atoms with Crippen LogP contribution in [0.25, 0.3) is 0 Å². The number of nitrogens with one attached hydrogen (secondary N) is 1. The third-order valence-corrected chi connectivity index (χ3v) is 4.36. The lowest BCUT2D eigenvalue weighted by molar-refractivity contribution is 0.192. The summed E-state index contributed by atoms with van der Waals surface area (Å²) in [6.07, 6.45) is 5.15. The summed E-state index contributed by atoms with van der Waals surface area (Å²) in [5, 5.41) is 3.77. The second kappa shape index (κ2) is 8.13. The highest BCUT2D eigenvalue weighted by molar-refractivity contribution is 4.81. The first-order valence-electron chi connectivity index (χ1n) is 7.60. The molecule has 0 aliphatic heterocycles. The Morgan fingerprint density at radius 2 is 1.53 bits per heavy atom. The van der Waals surface area contributed by atoms with Crippen LogP contribution in [0, 0.1) is 17.3 Å². The molecule has 2 unspecified atom stereocenters. The van der Waals surface area contributed by atoms with E-state index in [0.29, 0.717) is 11.5 Å². The molecular weight excluding hydrogens is 206 g/mol. The zero-order valence-electron chi connectivity index (χ0n) is 13.3. The van der Waals surface area contributed by atoms with E-state index >= 15 is 0 Å². The number of hydrogen-bond donors (Lipinski definition) is 1. The highest BCUT2D eigenvalue weighted by atomic mass is 14.9. The van der Waals surface area contributed by atoms with Crippen molar-refractivity contribution in [2.75, 3.05) is 6.54 Å². The molecule has 0 aliphatic rings. The largest absolute Gasteiger partial charge is 0.314 e. The minimum atomic E-state index is 0.429. The SMILES string of the molecule is CCCNC(CC(C)C(C)(C)C)C(CC)CC. The van der Waals surface area contributed by atoms with Gasteiger partial charge in [-0.3, -0.25) is 0 Å². The molecule has 17 heavy (non-hydrogen) atoms. The summed E-state index contributed by atoms with van der Waals surface area (Å²) in [5.41, 5.74) is 0.429. The fourth-order valence-electron chi connectivity index (χ4n) is 2.36. The molecule has 0 heterocycles. The fourth-order valence-corrected chi connectivity index (χ4v) is 2.36. The van der Waals surface area contributed by atoms with E-state index in [-0.39, 0.29) is 0 Å². The molecule has 0 radical (unpaired) electrons. The molecular formula is C16H35N. The lowest BCUT2D eigenvalue weighted by Crippen LogP contribution is -2.39. The van der Waals surface area contributed by atoms with Crippen molar-refractivity contribution in [3.63, 3.8) is 0 Å². The smallest absolute Gasteiger partial charge is 0.00978 e. The van der Waals surface area contributed by atoms with Crippen molar-refractivity contribution in [3.05, 3.63) is 0 Å². The zero-order chi connectivity index (χ0) is 13.5. The van der Waals surface area contributed by atoms with E-state index in [2.05, 4.69) is 53.8 Å². The van der Waals surface area contributed by atoms with Gasteiger partial charge in [-0.15, -0.1) is 0 Å². The number of rotatable bonds is 8. The van der Waals surface area contributed by atoms with E-state index in [1.807, 2.05) is 0 Å². The molecule has 0 aliphatic carbocycles. The second-order valence-electron chi connectivity index (χ2n) is 6.64. The molecule has 104 valence electrons. The zero-order valence-corrected chi connectivity index (χ0v) is 13.3. The van der Waals surface area contributed by atoms with Gasteiger partial charge >= 0.3 is 0 Å². The summed E-state index contributed by atoms with van der Waals surface area (Å²) in [7, 11) is 0. The van der Waals surface area contributed by atoms with Crippen LogP contribution in [0.4, 0.5) is 0 Å². The van der Waals surface area contributed by atoms with E-state index < -0.39 is 0 Å². The summed E-state index contributed by atoms with van der Waals surface area (Å²) >= 11 is 0. The first kappa shape index (κ1) is 17.0. The van der Waals surface area contributed by atoms with Crippen molar-refractivity contribution in [1.29, 1.82) is 0 Å². The predicted octanol–water partition coefficient (Wildman–Crippen LogP) is 4.86. The van der Waals surface area contributed by atoms with Crippen molar-refractivity contribution in [1.82, 2.24) is 5.32 Å². The molecule has 0 aromatic carbocycles. The molecule has 1 heteroatoms. The first-order chi connectivity index (χ1) is 7.86. The van der Waals surface area contributed by atoms with Crippen molar-refractivity contribution in [2.24, 2.45) is 17.3 Å². The van der Waals surface area contributed by atoms with Crippen LogP contribution in [0.5, 0.6) is 0 Å². The van der Waals surface area contributed by atoms with Crippen molar-refractivity contribution in [3.8, 4) is 0 Å². The van der Waals surface area contributed by atoms with Crippen LogP contribution in [-0.2, 0) is 0 Å². The van der Waals surface area contributed by atoms with Crippen LogP contribution in [-0.4, -0.2) is 12.6 Å². The van der Waals surface area contributed by atoms with Crippen molar-refractivity contribution in [2.45, 2.75) is 80.2 Å². The van der Waals surface area contributed by atoms with Crippen LogP contribution in [0.1, 0.15) is 74.1 Å². The van der Waals surface area contributed by atoms with Gasteiger partial charge in [-0.25, -0.2) is 0 Å². The fraction of sp³-hybridized carbons (Fsp3) is 1.00. The van der Waals surface area contributed by atoms with Gasteiger partial charge in [0.2, 0.25) is 0 Å². The Hall–Kier alpha value is -0.0400. The molecule has 0 aromatic rings. The summed E-state index contributed by atoms with van der Waals surface area (Å²) in [5.74, 6) is 1.61. The standard InChI is InChI=1S/C16H35N/c1-8-11-17-15(14(9-2)10-3)12-13(4)16(5,6)7/h13-15,17H,8-12H2,1-7H3. The monoisotopic (exact) mass is 241 g/mol. The Morgan fingerprint density at radius 1 is 1.00 bits per heavy atom. The Kier molecular flexibility index (Phi) is 8.11. The van der Waals surface area contributed by atoms with Gasteiger partial charge < -0.3 is 5.32 Å². The van der Waals surface area contributed by atoms with E-state index in [0.717, 1.165) is 18.4 Å². The molecule has 0 aromatic heterocycles. The average Bonchev–Trinajstić information content (AvgIpc) is 2.25. The Bertz CT molecular complexity index is 176. The molecule has 0 amide bonds. The maximum Gasteiger partial charge on any atom is 0.00978 e. The molecule has 0 fully saturated rings. The summed E-state index contributed by atoms with van der Waals surface area (Å²) < 4.78 is 0. The summed E-state index contributed by atoms with van der Waals surface area (Å²) in [6, 6.07) is 0.708. The molecule has 2 atom stereocenters. The summed E-state index contributed by atoms with van der Waals surface area (Å²) in [4.78, 5) is 0. The Labute approximate surface area is 110 Å². The molecule has 0 spiro atoms. The van der Waals surface area contributed by atoms with Gasteiger partial charge in [0.15, 0.2) is 0 Å². The first-order valence-corrected chi connectivity index (χ1v) is 7.60. The van der Waals surface area contributed by atoms with E-state index in [1.165, 1.54) is 25.7 Å². The van der Waals surface area contributed by atoms with Gasteiger partial charge in [0.1, 0.15) is 0 Å². The van der Waals surface area contributed by atoms with E-state index in [4.69, 9.17) is 0 Å². The Balaban J connectivity index is 4.46. The maximum absolute atomic E-state index is 3.77. The van der Waals surface area contributed by atoms with Gasteiger partial charge in [0.05, 0.1) is 0 Å². The maximum atomic E-state index is 3.77. The highest BCUT2D eigenvalue weighted by Crippen LogP contribution is 2.31. The van der Waals surface area contributed by atoms with Crippen LogP contribution in [0.15, 0.2) is 0 Å². The van der Waals surface area contributed by atoms with E-state index in [1.54, 1.807) is 0 Å². The average molecular weight is 241 g/mol. The minimum Gasteiger partial charge on any atom is -0.314 e. The molecule has 0 bridgehead atoms. The van der Waals surface area contributed by atoms with Gasteiger partial charge in [0.25, 0.3) is 0 Å². The molecule has 1 N–H and O–H groups in total. The molecule has 0 rings (SSSR count). The number of hydrogen-bond acceptors (Lipinski definition) is 1. The van der Waals surface area contributed by atoms with Gasteiger partial charge in [-0.05, 0) is 36.6 Å². The molecule has 0 saturated carbocycles. The van der Waals surface area contributed by atoms with Crippen molar-refractivity contribution < 1.29 is 0 Å². The lowest BCUT2D eigenvalue weighted by Gasteiger charge is -2.34. The third-order valence-electron chi connectivity index (χ3n) is 4.36. The van der Waals surface area contributed by atoms with Crippen LogP contribution >= 0.6 is 0 Å². The molecule has 1 nitrogen and oxygen atoms in total. The lowest BCUT2D eigenvalue weighted by atomic mass is 9.76. The van der Waals surface area contributed by atoms with Gasteiger partial charge in [-0.2, -0.15) is 0 Å².